The molecule has 0 aliphatic rings. The number of hydrogen-bond donors (Lipinski definition) is 0. The molecule has 0 N–H and O–H groups in total. The van der Waals surface area contributed by atoms with Crippen LogP contribution in [-0.4, -0.2) is 15.5 Å². The molecular weight excluding hydrogens is 242 g/mol. The van der Waals surface area contributed by atoms with Gasteiger partial charge in [-0.05, 0) is 17.7 Å². The van der Waals surface area contributed by atoms with Gasteiger partial charge in [-0.25, -0.2) is 4.98 Å². The van der Waals surface area contributed by atoms with E-state index in [9.17, 15) is 4.79 Å². The van der Waals surface area contributed by atoms with Gasteiger partial charge in [-0.3, -0.25) is 9.36 Å². The predicted molar refractivity (Wildman–Crippen MR) is 68.4 cm³/mol. The highest BCUT2D eigenvalue weighted by Gasteiger charge is 2.08. The fourth-order valence-corrected chi connectivity index (χ4v) is 1.58. The van der Waals surface area contributed by atoms with Gasteiger partial charge in [0.05, 0.1) is 30.7 Å². The minimum atomic E-state index is -0.290. The summed E-state index contributed by atoms with van der Waals surface area (Å²) in [5.74, 6) is 0.137. The zero-order chi connectivity index (χ0) is 13.7. The van der Waals surface area contributed by atoms with Crippen LogP contribution in [0, 0.1) is 11.3 Å². The summed E-state index contributed by atoms with van der Waals surface area (Å²) in [7, 11) is 0. The van der Waals surface area contributed by atoms with Crippen LogP contribution in [0.25, 0.3) is 0 Å². The predicted octanol–water partition coefficient (Wildman–Crippen LogP) is 2.12. The van der Waals surface area contributed by atoms with Crippen molar-refractivity contribution in [2.24, 2.45) is 0 Å². The number of esters is 1. The summed E-state index contributed by atoms with van der Waals surface area (Å²) < 4.78 is 6.91. The number of carbonyl (C=O) groups is 1. The molecule has 0 spiro atoms. The van der Waals surface area contributed by atoms with Crippen LogP contribution in [0.15, 0.2) is 36.8 Å². The van der Waals surface area contributed by atoms with E-state index in [0.29, 0.717) is 24.4 Å². The van der Waals surface area contributed by atoms with Gasteiger partial charge in [0.1, 0.15) is 0 Å². The Labute approximate surface area is 111 Å². The second-order valence-corrected chi connectivity index (χ2v) is 4.00. The van der Waals surface area contributed by atoms with Crippen LogP contribution in [0.2, 0.25) is 0 Å². The van der Waals surface area contributed by atoms with Gasteiger partial charge < -0.3 is 4.74 Å². The molecule has 0 atom stereocenters. The molecule has 96 valence electrons. The normalized spacial score (nSPS) is 9.89. The summed E-state index contributed by atoms with van der Waals surface area (Å²) in [6.45, 7) is 2.28. The fraction of sp³-hybridized carbons (Fsp3) is 0.214. The molecule has 5 heteroatoms. The molecule has 0 fully saturated rings. The molecular formula is C14H13N3O2. The highest BCUT2D eigenvalue weighted by molar-refractivity contribution is 5.71. The fourth-order valence-electron chi connectivity index (χ4n) is 1.58. The number of imidazole rings is 1. The molecule has 2 rings (SSSR count). The van der Waals surface area contributed by atoms with Crippen molar-refractivity contribution < 1.29 is 9.53 Å². The van der Waals surface area contributed by atoms with Crippen molar-refractivity contribution >= 4 is 5.97 Å². The second kappa shape index (κ2) is 5.83. The van der Waals surface area contributed by atoms with Crippen LogP contribution in [0.3, 0.4) is 0 Å². The topological polar surface area (TPSA) is 67.9 Å². The second-order valence-electron chi connectivity index (χ2n) is 4.00. The number of carbonyl (C=O) groups excluding carboxylic acids is 1. The van der Waals surface area contributed by atoms with Gasteiger partial charge in [-0.15, -0.1) is 0 Å². The van der Waals surface area contributed by atoms with Crippen LogP contribution in [0.5, 0.6) is 5.88 Å². The minimum absolute atomic E-state index is 0.290. The molecule has 0 aliphatic heterocycles. The van der Waals surface area contributed by atoms with E-state index < -0.39 is 0 Å². The highest BCUT2D eigenvalue weighted by Crippen LogP contribution is 2.14. The maximum Gasteiger partial charge on any atom is 0.312 e. The summed E-state index contributed by atoms with van der Waals surface area (Å²) >= 11 is 0. The lowest BCUT2D eigenvalue weighted by Crippen LogP contribution is -2.10. The van der Waals surface area contributed by atoms with Gasteiger partial charge in [-0.2, -0.15) is 5.26 Å². The van der Waals surface area contributed by atoms with Crippen molar-refractivity contribution in [3.8, 4) is 11.9 Å². The molecule has 5 nitrogen and oxygen atoms in total. The number of rotatable bonds is 4. The van der Waals surface area contributed by atoms with Crippen LogP contribution < -0.4 is 4.74 Å². The molecule has 2 aromatic rings. The maximum atomic E-state index is 11.3. The molecule has 0 saturated heterocycles. The number of benzene rings is 1. The molecule has 0 unspecified atom stereocenters. The average Bonchev–Trinajstić information content (AvgIpc) is 2.86. The molecule has 0 radical (unpaired) electrons. The molecule has 0 amide bonds. The van der Waals surface area contributed by atoms with Crippen molar-refractivity contribution in [3.63, 3.8) is 0 Å². The third kappa shape index (κ3) is 3.19. The zero-order valence-corrected chi connectivity index (χ0v) is 10.5. The highest BCUT2D eigenvalue weighted by atomic mass is 16.5. The quantitative estimate of drug-likeness (QED) is 0.785. The number of nitrogens with zero attached hydrogens (tertiary/aromatic N) is 3. The summed E-state index contributed by atoms with van der Waals surface area (Å²) in [5, 5.41) is 8.73. The first-order chi connectivity index (χ1) is 9.22. The molecule has 19 heavy (non-hydrogen) atoms. The number of ether oxygens (including phenoxy) is 1. The lowest BCUT2D eigenvalue weighted by Gasteiger charge is -2.08. The van der Waals surface area contributed by atoms with Crippen LogP contribution in [-0.2, 0) is 11.3 Å². The minimum Gasteiger partial charge on any atom is -0.408 e. The van der Waals surface area contributed by atoms with Gasteiger partial charge in [0.15, 0.2) is 0 Å². The van der Waals surface area contributed by atoms with E-state index in [0.717, 1.165) is 5.56 Å². The van der Waals surface area contributed by atoms with E-state index in [2.05, 4.69) is 11.1 Å². The zero-order valence-electron chi connectivity index (χ0n) is 10.5. The van der Waals surface area contributed by atoms with Crippen molar-refractivity contribution in [3.05, 3.63) is 47.9 Å². The van der Waals surface area contributed by atoms with E-state index in [-0.39, 0.29) is 5.97 Å². The molecule has 0 bridgehead atoms. The van der Waals surface area contributed by atoms with Crippen molar-refractivity contribution in [1.29, 1.82) is 5.26 Å². The Kier molecular flexibility index (Phi) is 3.94. The van der Waals surface area contributed by atoms with E-state index >= 15 is 0 Å². The lowest BCUT2D eigenvalue weighted by atomic mass is 10.1. The summed E-state index contributed by atoms with van der Waals surface area (Å²) in [4.78, 5) is 15.2. The SMILES string of the molecule is CCC(=O)Oc1cncn1Cc1ccc(C#N)cc1. The van der Waals surface area contributed by atoms with E-state index in [1.54, 1.807) is 30.0 Å². The van der Waals surface area contributed by atoms with Gasteiger partial charge in [-0.1, -0.05) is 19.1 Å². The van der Waals surface area contributed by atoms with E-state index in [1.165, 1.54) is 6.20 Å². The first-order valence-electron chi connectivity index (χ1n) is 5.92. The van der Waals surface area contributed by atoms with Crippen molar-refractivity contribution in [1.82, 2.24) is 9.55 Å². The smallest absolute Gasteiger partial charge is 0.312 e. The number of hydrogen-bond acceptors (Lipinski definition) is 4. The molecule has 0 saturated carbocycles. The van der Waals surface area contributed by atoms with Gasteiger partial charge in [0, 0.05) is 6.42 Å². The third-order valence-corrected chi connectivity index (χ3v) is 2.62. The Morgan fingerprint density at radius 1 is 1.42 bits per heavy atom. The first kappa shape index (κ1) is 12.8. The van der Waals surface area contributed by atoms with Gasteiger partial charge in [0.2, 0.25) is 5.88 Å². The number of aromatic nitrogens is 2. The first-order valence-corrected chi connectivity index (χ1v) is 5.92. The van der Waals surface area contributed by atoms with Crippen molar-refractivity contribution in [2.75, 3.05) is 0 Å². The van der Waals surface area contributed by atoms with E-state index in [4.69, 9.17) is 10.00 Å². The molecule has 1 aromatic carbocycles. The lowest BCUT2D eigenvalue weighted by molar-refractivity contribution is -0.134. The Balaban J connectivity index is 2.12. The third-order valence-electron chi connectivity index (χ3n) is 2.62. The van der Waals surface area contributed by atoms with Crippen molar-refractivity contribution in [2.45, 2.75) is 19.9 Å². The molecule has 0 aliphatic carbocycles. The summed E-state index contributed by atoms with van der Waals surface area (Å²) in [6.07, 6.45) is 3.44. The van der Waals surface area contributed by atoms with Crippen LogP contribution >= 0.6 is 0 Å². The molecule has 1 heterocycles. The largest absolute Gasteiger partial charge is 0.408 e. The summed E-state index contributed by atoms with van der Waals surface area (Å²) in [5.41, 5.74) is 1.62. The van der Waals surface area contributed by atoms with Crippen LogP contribution in [0.4, 0.5) is 0 Å². The number of nitriles is 1. The van der Waals surface area contributed by atoms with E-state index in [1.807, 2.05) is 12.1 Å². The van der Waals surface area contributed by atoms with Gasteiger partial charge in [0.25, 0.3) is 0 Å². The summed E-state index contributed by atoms with van der Waals surface area (Å²) in [6, 6.07) is 9.31. The van der Waals surface area contributed by atoms with Gasteiger partial charge >= 0.3 is 5.97 Å². The molecule has 1 aromatic heterocycles. The Morgan fingerprint density at radius 3 is 2.79 bits per heavy atom. The Morgan fingerprint density at radius 2 is 2.16 bits per heavy atom. The average molecular weight is 255 g/mol. The Hall–Kier alpha value is -2.61. The maximum absolute atomic E-state index is 11.3. The standard InChI is InChI=1S/C14H13N3O2/c1-2-14(18)19-13-8-16-10-17(13)9-12-5-3-11(7-15)4-6-12/h3-6,8,10H,2,9H2,1H3. The Bertz CT molecular complexity index is 608. The monoisotopic (exact) mass is 255 g/mol. The van der Waals surface area contributed by atoms with Crippen LogP contribution in [0.1, 0.15) is 24.5 Å².